The van der Waals surface area contributed by atoms with E-state index in [1.54, 1.807) is 0 Å². The molecule has 0 saturated carbocycles. The maximum absolute atomic E-state index is 13.5. The molecule has 4 rings (SSSR count). The van der Waals surface area contributed by atoms with Crippen LogP contribution in [-0.2, 0) is 16.1 Å². The van der Waals surface area contributed by atoms with Crippen molar-refractivity contribution < 1.29 is 14.3 Å². The third-order valence-electron chi connectivity index (χ3n) is 7.66. The highest BCUT2D eigenvalue weighted by Crippen LogP contribution is 2.30. The van der Waals surface area contributed by atoms with Crippen LogP contribution < -0.4 is 5.32 Å². The number of aromatic amines is 1. The van der Waals surface area contributed by atoms with Crippen molar-refractivity contribution in [3.63, 3.8) is 0 Å². The number of amides is 1. The first-order valence-electron chi connectivity index (χ1n) is 16.8. The fraction of sp³-hybridized carbons (Fsp3) is 0.595. The highest BCUT2D eigenvalue weighted by Gasteiger charge is 2.20. The lowest BCUT2D eigenvalue weighted by atomic mass is 10.1. The maximum Gasteiger partial charge on any atom is 0.292 e. The summed E-state index contributed by atoms with van der Waals surface area (Å²) in [4.78, 5) is 32.8. The SMILES string of the molecule is C1CCNC1.C=CCC.CCCn1c(-c2c[nH]c(C)c2C)nc2ccc(C(=O)N(CCC(C)C)CCC(C)C)cc21.COC=O. The van der Waals surface area contributed by atoms with Crippen molar-refractivity contribution >= 4 is 23.4 Å². The second-order valence-corrected chi connectivity index (χ2v) is 12.4. The van der Waals surface area contributed by atoms with E-state index in [1.165, 1.54) is 38.6 Å². The van der Waals surface area contributed by atoms with E-state index in [0.717, 1.165) is 79.0 Å². The third kappa shape index (κ3) is 13.6. The van der Waals surface area contributed by atoms with Crippen LogP contribution in [0.3, 0.4) is 0 Å². The van der Waals surface area contributed by atoms with Gasteiger partial charge in [0, 0.05) is 42.7 Å². The molecule has 2 N–H and O–H groups in total. The van der Waals surface area contributed by atoms with Gasteiger partial charge in [0.05, 0.1) is 18.1 Å². The number of hydrogen-bond acceptors (Lipinski definition) is 5. The molecule has 1 saturated heterocycles. The molecule has 1 amide bonds. The number of methoxy groups -OCH3 is 1. The molecule has 1 fully saturated rings. The first kappa shape index (κ1) is 39.6. The van der Waals surface area contributed by atoms with E-state index in [4.69, 9.17) is 9.78 Å². The summed E-state index contributed by atoms with van der Waals surface area (Å²) in [5.41, 5.74) is 6.27. The minimum absolute atomic E-state index is 0.132. The zero-order valence-electron chi connectivity index (χ0n) is 29.7. The second-order valence-electron chi connectivity index (χ2n) is 12.4. The van der Waals surface area contributed by atoms with Crippen LogP contribution >= 0.6 is 0 Å². The summed E-state index contributed by atoms with van der Waals surface area (Å²) >= 11 is 0. The number of hydrogen-bond donors (Lipinski definition) is 2. The van der Waals surface area contributed by atoms with Crippen molar-refractivity contribution in [3.05, 3.63) is 53.9 Å². The predicted octanol–water partition coefficient (Wildman–Crippen LogP) is 8.33. The lowest BCUT2D eigenvalue weighted by Crippen LogP contribution is -2.34. The number of aromatic nitrogens is 3. The van der Waals surface area contributed by atoms with E-state index in [0.29, 0.717) is 18.3 Å². The molecule has 0 aliphatic carbocycles. The van der Waals surface area contributed by atoms with E-state index in [2.05, 4.69) is 87.6 Å². The number of nitrogens with zero attached hydrogens (tertiary/aromatic N) is 3. The van der Waals surface area contributed by atoms with Crippen molar-refractivity contribution in [2.24, 2.45) is 11.8 Å². The molecular formula is C37H61N5O3. The van der Waals surface area contributed by atoms with Crippen LogP contribution in [0.2, 0.25) is 0 Å². The van der Waals surface area contributed by atoms with Gasteiger partial charge in [-0.05, 0) is 101 Å². The molecule has 0 bridgehead atoms. The number of imidazole rings is 1. The number of carbonyl (C=O) groups excluding carboxylic acids is 2. The Labute approximate surface area is 273 Å². The summed E-state index contributed by atoms with van der Waals surface area (Å²) in [7, 11) is 1.31. The number of ether oxygens (including phenoxy) is 1. The van der Waals surface area contributed by atoms with Crippen LogP contribution in [0, 0.1) is 25.7 Å². The zero-order chi connectivity index (χ0) is 33.8. The van der Waals surface area contributed by atoms with Crippen LogP contribution in [0.4, 0.5) is 0 Å². The number of H-pyrrole nitrogens is 1. The van der Waals surface area contributed by atoms with Crippen LogP contribution in [0.1, 0.15) is 102 Å². The topological polar surface area (TPSA) is 92.2 Å². The fourth-order valence-corrected chi connectivity index (χ4v) is 4.69. The van der Waals surface area contributed by atoms with Gasteiger partial charge >= 0.3 is 0 Å². The van der Waals surface area contributed by atoms with E-state index in [-0.39, 0.29) is 5.91 Å². The third-order valence-corrected chi connectivity index (χ3v) is 7.66. The van der Waals surface area contributed by atoms with E-state index in [9.17, 15) is 4.79 Å². The molecule has 0 spiro atoms. The molecule has 2 aromatic heterocycles. The molecule has 0 atom stereocenters. The lowest BCUT2D eigenvalue weighted by Gasteiger charge is -2.24. The van der Waals surface area contributed by atoms with Crippen molar-refractivity contribution in [1.82, 2.24) is 24.8 Å². The van der Waals surface area contributed by atoms with Crippen LogP contribution in [0.5, 0.6) is 0 Å². The van der Waals surface area contributed by atoms with Gasteiger partial charge in [-0.1, -0.05) is 47.6 Å². The van der Waals surface area contributed by atoms with Gasteiger partial charge in [0.25, 0.3) is 12.4 Å². The molecule has 8 heteroatoms. The first-order chi connectivity index (χ1) is 21.6. The largest absolute Gasteiger partial charge is 0.471 e. The Morgan fingerprint density at radius 3 is 2.07 bits per heavy atom. The smallest absolute Gasteiger partial charge is 0.292 e. The number of carbonyl (C=O) groups is 2. The van der Waals surface area contributed by atoms with Gasteiger partial charge in [0.1, 0.15) is 5.82 Å². The summed E-state index contributed by atoms with van der Waals surface area (Å²) in [6.45, 7) is 26.2. The van der Waals surface area contributed by atoms with Gasteiger partial charge in [0.2, 0.25) is 0 Å². The van der Waals surface area contributed by atoms with Crippen molar-refractivity contribution in [2.45, 2.75) is 100 Å². The molecule has 0 unspecified atom stereocenters. The van der Waals surface area contributed by atoms with E-state index < -0.39 is 0 Å². The molecule has 0 radical (unpaired) electrons. The molecular weight excluding hydrogens is 562 g/mol. The van der Waals surface area contributed by atoms with Crippen LogP contribution in [-0.4, -0.2) is 65.1 Å². The van der Waals surface area contributed by atoms with Gasteiger partial charge in [-0.15, -0.1) is 6.58 Å². The van der Waals surface area contributed by atoms with E-state index in [1.807, 2.05) is 29.3 Å². The van der Waals surface area contributed by atoms with Crippen molar-refractivity contribution in [2.75, 3.05) is 33.3 Å². The summed E-state index contributed by atoms with van der Waals surface area (Å²) in [6, 6.07) is 6.01. The number of benzene rings is 1. The average Bonchev–Trinajstić information content (AvgIpc) is 3.80. The molecule has 1 aliphatic rings. The minimum atomic E-state index is 0.132. The summed E-state index contributed by atoms with van der Waals surface area (Å²) in [5.74, 6) is 2.26. The Morgan fingerprint density at radius 2 is 1.67 bits per heavy atom. The van der Waals surface area contributed by atoms with Gasteiger partial charge < -0.3 is 24.5 Å². The fourth-order valence-electron chi connectivity index (χ4n) is 4.69. The molecule has 1 aliphatic heterocycles. The standard InChI is InChI=1S/C27H40N4O.C4H9N.C4H8.C2H4O2/c1-8-13-31-25-16-22(27(32)30(14-11-18(2)3)15-12-19(4)5)9-10-24(25)29-26(31)23-17-28-21(7)20(23)6;1-2-4-5-3-1;1-3-4-2;1-4-2-3/h9-10,16-19,28H,8,11-15H2,1-7H3;5H,1-4H2;3H,1,4H2,2H3;2H,1H3. The first-order valence-corrected chi connectivity index (χ1v) is 16.8. The van der Waals surface area contributed by atoms with Crippen LogP contribution in [0.25, 0.3) is 22.4 Å². The lowest BCUT2D eigenvalue weighted by molar-refractivity contribution is -0.126. The summed E-state index contributed by atoms with van der Waals surface area (Å²) < 4.78 is 6.13. The molecule has 252 valence electrons. The molecule has 3 heterocycles. The number of aryl methyl sites for hydroxylation is 2. The Kier molecular flexibility index (Phi) is 19.5. The number of nitrogens with one attached hydrogen (secondary N) is 2. The Balaban J connectivity index is 0.000000650. The number of rotatable bonds is 12. The molecule has 1 aromatic carbocycles. The van der Waals surface area contributed by atoms with Gasteiger partial charge in [-0.25, -0.2) is 4.98 Å². The minimum Gasteiger partial charge on any atom is -0.471 e. The molecule has 3 aromatic rings. The monoisotopic (exact) mass is 623 g/mol. The van der Waals surface area contributed by atoms with Gasteiger partial charge in [-0.3, -0.25) is 9.59 Å². The van der Waals surface area contributed by atoms with Gasteiger partial charge in [-0.2, -0.15) is 0 Å². The van der Waals surface area contributed by atoms with E-state index >= 15 is 0 Å². The van der Waals surface area contributed by atoms with Crippen LogP contribution in [0.15, 0.2) is 37.1 Å². The normalized spacial score (nSPS) is 12.1. The highest BCUT2D eigenvalue weighted by molar-refractivity contribution is 5.98. The quantitative estimate of drug-likeness (QED) is 0.156. The zero-order valence-corrected chi connectivity index (χ0v) is 29.7. The molecule has 45 heavy (non-hydrogen) atoms. The Hall–Kier alpha value is -3.39. The predicted molar refractivity (Wildman–Crippen MR) is 190 cm³/mol. The highest BCUT2D eigenvalue weighted by atomic mass is 16.5. The number of fused-ring (bicyclic) bond motifs is 1. The Bertz CT molecular complexity index is 1240. The van der Waals surface area contributed by atoms with Crippen molar-refractivity contribution in [3.8, 4) is 11.4 Å². The average molecular weight is 624 g/mol. The molecule has 8 nitrogen and oxygen atoms in total. The van der Waals surface area contributed by atoms with Gasteiger partial charge in [0.15, 0.2) is 0 Å². The maximum atomic E-state index is 13.5. The second kappa shape index (κ2) is 22.2. The Morgan fingerprint density at radius 1 is 1.09 bits per heavy atom. The van der Waals surface area contributed by atoms with Crippen molar-refractivity contribution in [1.29, 1.82) is 0 Å². The summed E-state index contributed by atoms with van der Waals surface area (Å²) in [6.07, 6.45) is 10.8. The number of allylic oxidation sites excluding steroid dienone is 1. The summed E-state index contributed by atoms with van der Waals surface area (Å²) in [5, 5.41) is 3.22.